The summed E-state index contributed by atoms with van der Waals surface area (Å²) in [5, 5.41) is 3.00. The van der Waals surface area contributed by atoms with Crippen LogP contribution in [0.4, 0.5) is 14.9 Å². The van der Waals surface area contributed by atoms with Crippen molar-refractivity contribution in [3.8, 4) is 11.1 Å². The van der Waals surface area contributed by atoms with E-state index in [-0.39, 0.29) is 23.9 Å². The monoisotopic (exact) mass is 341 g/mol. The zero-order valence-corrected chi connectivity index (χ0v) is 14.9. The maximum Gasteiger partial charge on any atom is 0.322 e. The lowest BCUT2D eigenvalue weighted by molar-refractivity contribution is 0.133. The lowest BCUT2D eigenvalue weighted by Gasteiger charge is -2.38. The number of hydrogen-bond acceptors (Lipinski definition) is 2. The van der Waals surface area contributed by atoms with Gasteiger partial charge in [0.05, 0.1) is 6.20 Å². The summed E-state index contributed by atoms with van der Waals surface area (Å²) in [6.45, 7) is 6.14. The molecule has 3 rings (SSSR count). The van der Waals surface area contributed by atoms with Gasteiger partial charge in [0.25, 0.3) is 0 Å². The Morgan fingerprint density at radius 3 is 2.60 bits per heavy atom. The van der Waals surface area contributed by atoms with Crippen LogP contribution in [0.3, 0.4) is 0 Å². The van der Waals surface area contributed by atoms with Crippen molar-refractivity contribution in [3.05, 3.63) is 48.0 Å². The zero-order chi connectivity index (χ0) is 18.0. The molecule has 1 aromatic heterocycles. The first kappa shape index (κ1) is 17.4. The number of pyridine rings is 1. The predicted molar refractivity (Wildman–Crippen MR) is 98.0 cm³/mol. The van der Waals surface area contributed by atoms with Crippen LogP contribution in [0.25, 0.3) is 11.1 Å². The third-order valence-corrected chi connectivity index (χ3v) is 4.93. The van der Waals surface area contributed by atoms with E-state index < -0.39 is 0 Å². The predicted octanol–water partition coefficient (Wildman–Crippen LogP) is 4.99. The molecule has 0 aliphatic carbocycles. The lowest BCUT2D eigenvalue weighted by Crippen LogP contribution is -2.49. The number of amides is 2. The average Bonchev–Trinajstić information content (AvgIpc) is 2.56. The number of carbonyl (C=O) groups is 1. The van der Waals surface area contributed by atoms with Crippen molar-refractivity contribution in [2.75, 3.05) is 5.32 Å². The molecule has 0 radical (unpaired) electrons. The summed E-state index contributed by atoms with van der Waals surface area (Å²) in [7, 11) is 0. The van der Waals surface area contributed by atoms with E-state index in [4.69, 9.17) is 0 Å². The summed E-state index contributed by atoms with van der Waals surface area (Å²) in [4.78, 5) is 18.6. The molecule has 2 atom stereocenters. The number of benzene rings is 1. The van der Waals surface area contributed by atoms with Crippen molar-refractivity contribution < 1.29 is 9.18 Å². The Morgan fingerprint density at radius 1 is 1.20 bits per heavy atom. The first-order valence-electron chi connectivity index (χ1n) is 8.76. The number of rotatable bonds is 2. The van der Waals surface area contributed by atoms with Gasteiger partial charge in [0.1, 0.15) is 5.82 Å². The number of hydrogen-bond donors (Lipinski definition) is 1. The van der Waals surface area contributed by atoms with Crippen LogP contribution in [0.5, 0.6) is 0 Å². The standard InChI is InChI=1S/C20H24FN3O/c1-13-7-8-18(10-19(13)16-9-17(21)12-22-11-16)23-20(25)24-14(2)5-4-6-15(24)3/h7-12,14-15H,4-6H2,1-3H3,(H,23,25)/t14-,15-/m0/s1. The number of likely N-dealkylation sites (tertiary alicyclic amines) is 1. The maximum absolute atomic E-state index is 13.5. The summed E-state index contributed by atoms with van der Waals surface area (Å²) >= 11 is 0. The number of aromatic nitrogens is 1. The summed E-state index contributed by atoms with van der Waals surface area (Å²) in [5.41, 5.74) is 3.28. The highest BCUT2D eigenvalue weighted by Crippen LogP contribution is 2.28. The average molecular weight is 341 g/mol. The van der Waals surface area contributed by atoms with Crippen molar-refractivity contribution in [3.63, 3.8) is 0 Å². The Hall–Kier alpha value is -2.43. The number of nitrogens with one attached hydrogen (secondary N) is 1. The van der Waals surface area contributed by atoms with E-state index in [0.29, 0.717) is 11.3 Å². The minimum absolute atomic E-state index is 0.0770. The number of anilines is 1. The largest absolute Gasteiger partial charge is 0.322 e. The second-order valence-electron chi connectivity index (χ2n) is 6.89. The molecule has 25 heavy (non-hydrogen) atoms. The molecule has 1 aromatic carbocycles. The molecular weight excluding hydrogens is 317 g/mol. The van der Waals surface area contributed by atoms with Gasteiger partial charge in [-0.2, -0.15) is 0 Å². The summed E-state index contributed by atoms with van der Waals surface area (Å²) in [6, 6.07) is 7.54. The van der Waals surface area contributed by atoms with E-state index in [1.807, 2.05) is 30.0 Å². The summed E-state index contributed by atoms with van der Waals surface area (Å²) in [5.74, 6) is -0.373. The molecule has 1 aliphatic rings. The van der Waals surface area contributed by atoms with Crippen molar-refractivity contribution >= 4 is 11.7 Å². The molecule has 1 fully saturated rings. The zero-order valence-electron chi connectivity index (χ0n) is 14.9. The molecule has 4 nitrogen and oxygen atoms in total. The SMILES string of the molecule is Cc1ccc(NC(=O)N2[C@@H](C)CCC[C@@H]2C)cc1-c1cncc(F)c1. The van der Waals surface area contributed by atoms with Crippen molar-refractivity contribution in [1.29, 1.82) is 0 Å². The molecule has 1 saturated heterocycles. The van der Waals surface area contributed by atoms with Gasteiger partial charge in [-0.1, -0.05) is 6.07 Å². The Morgan fingerprint density at radius 2 is 1.92 bits per heavy atom. The number of aryl methyl sites for hydroxylation is 1. The Kier molecular flexibility index (Phi) is 5.02. The lowest BCUT2D eigenvalue weighted by atomic mass is 9.98. The van der Waals surface area contributed by atoms with E-state index in [1.165, 1.54) is 12.3 Å². The van der Waals surface area contributed by atoms with Crippen LogP contribution >= 0.6 is 0 Å². The van der Waals surface area contributed by atoms with Gasteiger partial charge < -0.3 is 10.2 Å². The van der Waals surface area contributed by atoms with Crippen LogP contribution in [0.15, 0.2) is 36.7 Å². The van der Waals surface area contributed by atoms with Crippen LogP contribution in [0, 0.1) is 12.7 Å². The maximum atomic E-state index is 13.5. The van der Waals surface area contributed by atoms with Gasteiger partial charge in [-0.15, -0.1) is 0 Å². The number of nitrogens with zero attached hydrogens (tertiary/aromatic N) is 2. The summed E-state index contributed by atoms with van der Waals surface area (Å²) < 4.78 is 13.5. The van der Waals surface area contributed by atoms with Crippen LogP contribution in [0.1, 0.15) is 38.7 Å². The topological polar surface area (TPSA) is 45.2 Å². The molecule has 1 N–H and O–H groups in total. The van der Waals surface area contributed by atoms with Crippen LogP contribution in [0.2, 0.25) is 0 Å². The molecule has 132 valence electrons. The fourth-order valence-corrected chi connectivity index (χ4v) is 3.58. The number of urea groups is 1. The molecule has 0 saturated carbocycles. The smallest absolute Gasteiger partial charge is 0.319 e. The van der Waals surface area contributed by atoms with Crippen LogP contribution < -0.4 is 5.32 Å². The van der Waals surface area contributed by atoms with Crippen molar-refractivity contribution in [1.82, 2.24) is 9.88 Å². The van der Waals surface area contributed by atoms with Gasteiger partial charge in [-0.25, -0.2) is 9.18 Å². The molecular formula is C20H24FN3O. The van der Waals surface area contributed by atoms with E-state index >= 15 is 0 Å². The van der Waals surface area contributed by atoms with Gasteiger partial charge >= 0.3 is 6.03 Å². The van der Waals surface area contributed by atoms with Crippen LogP contribution in [-0.2, 0) is 0 Å². The highest BCUT2D eigenvalue weighted by Gasteiger charge is 2.28. The molecule has 0 unspecified atom stereocenters. The molecule has 1 aliphatic heterocycles. The number of halogens is 1. The molecule has 2 heterocycles. The first-order valence-corrected chi connectivity index (χ1v) is 8.76. The highest BCUT2D eigenvalue weighted by atomic mass is 19.1. The molecule has 0 spiro atoms. The van der Waals surface area contributed by atoms with E-state index in [2.05, 4.69) is 24.1 Å². The van der Waals surface area contributed by atoms with E-state index in [1.54, 1.807) is 6.20 Å². The van der Waals surface area contributed by atoms with Gasteiger partial charge in [-0.3, -0.25) is 4.98 Å². The van der Waals surface area contributed by atoms with Gasteiger partial charge in [0.15, 0.2) is 0 Å². The first-order chi connectivity index (χ1) is 12.0. The quantitative estimate of drug-likeness (QED) is 0.836. The Bertz CT molecular complexity index is 767. The fraction of sp³-hybridized carbons (Fsp3) is 0.400. The highest BCUT2D eigenvalue weighted by molar-refractivity contribution is 5.91. The number of carbonyl (C=O) groups excluding carboxylic acids is 1. The third kappa shape index (κ3) is 3.81. The minimum Gasteiger partial charge on any atom is -0.319 e. The minimum atomic E-state index is -0.373. The molecule has 5 heteroatoms. The van der Waals surface area contributed by atoms with Crippen molar-refractivity contribution in [2.45, 2.75) is 52.1 Å². The van der Waals surface area contributed by atoms with Gasteiger partial charge in [-0.05, 0) is 69.4 Å². The summed E-state index contributed by atoms with van der Waals surface area (Å²) in [6.07, 6.45) is 6.04. The van der Waals surface area contributed by atoms with Gasteiger partial charge in [0, 0.05) is 29.5 Å². The molecule has 2 amide bonds. The van der Waals surface area contributed by atoms with E-state index in [9.17, 15) is 9.18 Å². The third-order valence-electron chi connectivity index (χ3n) is 4.93. The van der Waals surface area contributed by atoms with Crippen molar-refractivity contribution in [2.24, 2.45) is 0 Å². The molecule has 2 aromatic rings. The Labute approximate surface area is 148 Å². The van der Waals surface area contributed by atoms with Crippen LogP contribution in [-0.4, -0.2) is 28.0 Å². The second-order valence-corrected chi connectivity index (χ2v) is 6.89. The fourth-order valence-electron chi connectivity index (χ4n) is 3.58. The van der Waals surface area contributed by atoms with E-state index in [0.717, 1.165) is 30.4 Å². The molecule has 0 bridgehead atoms. The number of piperidine rings is 1. The normalized spacial score (nSPS) is 20.4. The van der Waals surface area contributed by atoms with Gasteiger partial charge in [0.2, 0.25) is 0 Å². The second kappa shape index (κ2) is 7.21. The Balaban J connectivity index is 1.84.